The molecule has 0 spiro atoms. The molecule has 1 rings (SSSR count). The Hall–Kier alpha value is -1.00. The zero-order valence-electron chi connectivity index (χ0n) is 8.09. The van der Waals surface area contributed by atoms with E-state index in [0.717, 1.165) is 5.56 Å². The molecule has 4 nitrogen and oxygen atoms in total. The monoisotopic (exact) mass is 248 g/mol. The maximum Gasteiger partial charge on any atom is 0.407 e. The third-order valence-corrected chi connectivity index (χ3v) is 1.92. The average Bonchev–Trinajstić information content (AvgIpc) is 2.14. The Labute approximate surface area is 97.5 Å². The molecule has 0 fully saturated rings. The highest BCUT2D eigenvalue weighted by Crippen LogP contribution is 2.14. The molecular formula is C9H10Cl2N2O2. The van der Waals surface area contributed by atoms with Crippen molar-refractivity contribution in [2.75, 3.05) is 6.61 Å². The maximum atomic E-state index is 11.0. The minimum atomic E-state index is -0.471. The summed E-state index contributed by atoms with van der Waals surface area (Å²) < 4.78 is 4.69. The van der Waals surface area contributed by atoms with Crippen molar-refractivity contribution in [2.45, 2.75) is 13.5 Å². The summed E-state index contributed by atoms with van der Waals surface area (Å²) in [6.07, 6.45) is -0.471. The van der Waals surface area contributed by atoms with Crippen LogP contribution in [0.3, 0.4) is 0 Å². The number of rotatable bonds is 3. The van der Waals surface area contributed by atoms with Crippen molar-refractivity contribution in [1.82, 2.24) is 10.3 Å². The standard InChI is InChI=1S/C9H10Cl2N2O2/c1-2-15-9(14)12-5-6-3-7(10)13-8(11)4-6/h3-4H,2,5H2,1H3,(H,12,14). The first-order chi connectivity index (χ1) is 7.11. The number of aromatic nitrogens is 1. The first-order valence-electron chi connectivity index (χ1n) is 4.34. The first-order valence-corrected chi connectivity index (χ1v) is 5.10. The van der Waals surface area contributed by atoms with E-state index in [0.29, 0.717) is 23.5 Å². The summed E-state index contributed by atoms with van der Waals surface area (Å²) in [5.74, 6) is 0. The number of carbonyl (C=O) groups excluding carboxylic acids is 1. The quantitative estimate of drug-likeness (QED) is 0.837. The molecule has 6 heteroatoms. The Morgan fingerprint density at radius 1 is 1.47 bits per heavy atom. The van der Waals surface area contributed by atoms with E-state index in [1.54, 1.807) is 19.1 Å². The van der Waals surface area contributed by atoms with Crippen molar-refractivity contribution in [3.8, 4) is 0 Å². The van der Waals surface area contributed by atoms with Gasteiger partial charge < -0.3 is 10.1 Å². The topological polar surface area (TPSA) is 51.2 Å². The van der Waals surface area contributed by atoms with Gasteiger partial charge in [0.1, 0.15) is 10.3 Å². The third-order valence-electron chi connectivity index (χ3n) is 1.53. The molecule has 1 aromatic rings. The molecule has 0 aliphatic carbocycles. The number of pyridine rings is 1. The van der Waals surface area contributed by atoms with E-state index >= 15 is 0 Å². The lowest BCUT2D eigenvalue weighted by Gasteiger charge is -2.05. The van der Waals surface area contributed by atoms with Crippen LogP contribution < -0.4 is 5.32 Å². The Morgan fingerprint density at radius 2 is 2.07 bits per heavy atom. The van der Waals surface area contributed by atoms with E-state index in [-0.39, 0.29) is 0 Å². The SMILES string of the molecule is CCOC(=O)NCc1cc(Cl)nc(Cl)c1. The fraction of sp³-hybridized carbons (Fsp3) is 0.333. The summed E-state index contributed by atoms with van der Waals surface area (Å²) in [5.41, 5.74) is 0.771. The highest BCUT2D eigenvalue weighted by molar-refractivity contribution is 6.32. The van der Waals surface area contributed by atoms with E-state index < -0.39 is 6.09 Å². The van der Waals surface area contributed by atoms with Crippen LogP contribution >= 0.6 is 23.2 Å². The number of hydrogen-bond acceptors (Lipinski definition) is 3. The van der Waals surface area contributed by atoms with E-state index in [9.17, 15) is 4.79 Å². The maximum absolute atomic E-state index is 11.0. The number of carbonyl (C=O) groups is 1. The Balaban J connectivity index is 2.54. The molecular weight excluding hydrogens is 239 g/mol. The number of hydrogen-bond donors (Lipinski definition) is 1. The van der Waals surface area contributed by atoms with E-state index in [1.807, 2.05) is 0 Å². The lowest BCUT2D eigenvalue weighted by molar-refractivity contribution is 0.151. The van der Waals surface area contributed by atoms with Crippen LogP contribution in [-0.4, -0.2) is 17.7 Å². The van der Waals surface area contributed by atoms with Crippen LogP contribution in [0.2, 0.25) is 10.3 Å². The molecule has 1 N–H and O–H groups in total. The van der Waals surface area contributed by atoms with Crippen LogP contribution in [0.4, 0.5) is 4.79 Å². The second-order valence-corrected chi connectivity index (χ2v) is 3.47. The van der Waals surface area contributed by atoms with Crippen molar-refractivity contribution in [3.05, 3.63) is 28.0 Å². The fourth-order valence-electron chi connectivity index (χ4n) is 0.973. The molecule has 0 atom stereocenters. The normalized spacial score (nSPS) is 9.80. The van der Waals surface area contributed by atoms with Gasteiger partial charge in [-0.3, -0.25) is 0 Å². The third kappa shape index (κ3) is 4.36. The van der Waals surface area contributed by atoms with Crippen molar-refractivity contribution >= 4 is 29.3 Å². The number of halogens is 2. The Kier molecular flexibility index (Phi) is 4.65. The van der Waals surface area contributed by atoms with Gasteiger partial charge in [-0.15, -0.1) is 0 Å². The van der Waals surface area contributed by atoms with Gasteiger partial charge in [0.25, 0.3) is 0 Å². The Morgan fingerprint density at radius 3 is 2.60 bits per heavy atom. The summed E-state index contributed by atoms with van der Waals surface area (Å²) in [5, 5.41) is 3.14. The molecule has 15 heavy (non-hydrogen) atoms. The van der Waals surface area contributed by atoms with Crippen LogP contribution in [0.25, 0.3) is 0 Å². The highest BCUT2D eigenvalue weighted by Gasteiger charge is 2.02. The second-order valence-electron chi connectivity index (χ2n) is 2.69. The molecule has 0 saturated carbocycles. The predicted molar refractivity (Wildman–Crippen MR) is 58.1 cm³/mol. The van der Waals surface area contributed by atoms with Crippen LogP contribution in [0.15, 0.2) is 12.1 Å². The molecule has 0 saturated heterocycles. The van der Waals surface area contributed by atoms with Crippen LogP contribution in [-0.2, 0) is 11.3 Å². The molecule has 0 aromatic carbocycles. The van der Waals surface area contributed by atoms with Gasteiger partial charge in [0.05, 0.1) is 6.61 Å². The van der Waals surface area contributed by atoms with Crippen molar-refractivity contribution in [1.29, 1.82) is 0 Å². The number of amides is 1. The molecule has 0 aliphatic rings. The van der Waals surface area contributed by atoms with E-state index in [2.05, 4.69) is 10.3 Å². The molecule has 0 aliphatic heterocycles. The fourth-order valence-corrected chi connectivity index (χ4v) is 1.48. The predicted octanol–water partition coefficient (Wildman–Crippen LogP) is 2.63. The average molecular weight is 249 g/mol. The van der Waals surface area contributed by atoms with E-state index in [1.165, 1.54) is 0 Å². The lowest BCUT2D eigenvalue weighted by Crippen LogP contribution is -2.23. The molecule has 0 unspecified atom stereocenters. The first kappa shape index (κ1) is 12.1. The minimum absolute atomic E-state index is 0.295. The summed E-state index contributed by atoms with van der Waals surface area (Å²) in [4.78, 5) is 14.8. The van der Waals surface area contributed by atoms with Crippen molar-refractivity contribution < 1.29 is 9.53 Å². The van der Waals surface area contributed by atoms with Crippen LogP contribution in [0.5, 0.6) is 0 Å². The summed E-state index contributed by atoms with van der Waals surface area (Å²) >= 11 is 11.4. The van der Waals surface area contributed by atoms with Crippen LogP contribution in [0.1, 0.15) is 12.5 Å². The van der Waals surface area contributed by atoms with Gasteiger partial charge in [-0.05, 0) is 24.6 Å². The molecule has 1 heterocycles. The van der Waals surface area contributed by atoms with E-state index in [4.69, 9.17) is 27.9 Å². The van der Waals surface area contributed by atoms with Gasteiger partial charge in [0, 0.05) is 6.54 Å². The van der Waals surface area contributed by atoms with Gasteiger partial charge in [-0.2, -0.15) is 0 Å². The zero-order chi connectivity index (χ0) is 11.3. The second kappa shape index (κ2) is 5.78. The number of nitrogens with zero attached hydrogens (tertiary/aromatic N) is 1. The smallest absolute Gasteiger partial charge is 0.407 e. The molecule has 0 bridgehead atoms. The van der Waals surface area contributed by atoms with Crippen molar-refractivity contribution in [3.63, 3.8) is 0 Å². The van der Waals surface area contributed by atoms with Gasteiger partial charge in [-0.25, -0.2) is 9.78 Å². The summed E-state index contributed by atoms with van der Waals surface area (Å²) in [6.45, 7) is 2.38. The van der Waals surface area contributed by atoms with Gasteiger partial charge in [0.15, 0.2) is 0 Å². The largest absolute Gasteiger partial charge is 0.450 e. The van der Waals surface area contributed by atoms with Gasteiger partial charge in [0.2, 0.25) is 0 Å². The summed E-state index contributed by atoms with van der Waals surface area (Å²) in [6, 6.07) is 3.25. The minimum Gasteiger partial charge on any atom is -0.450 e. The zero-order valence-corrected chi connectivity index (χ0v) is 9.60. The van der Waals surface area contributed by atoms with Gasteiger partial charge in [-0.1, -0.05) is 23.2 Å². The molecule has 0 radical (unpaired) electrons. The number of nitrogens with one attached hydrogen (secondary N) is 1. The molecule has 1 aromatic heterocycles. The molecule has 82 valence electrons. The number of ether oxygens (including phenoxy) is 1. The summed E-state index contributed by atoms with van der Waals surface area (Å²) in [7, 11) is 0. The Bertz CT molecular complexity index is 338. The molecule has 1 amide bonds. The lowest BCUT2D eigenvalue weighted by atomic mass is 10.3. The van der Waals surface area contributed by atoms with Gasteiger partial charge >= 0.3 is 6.09 Å². The highest BCUT2D eigenvalue weighted by atomic mass is 35.5. The van der Waals surface area contributed by atoms with Crippen molar-refractivity contribution in [2.24, 2.45) is 0 Å². The number of alkyl carbamates (subject to hydrolysis) is 1. The van der Waals surface area contributed by atoms with Crippen LogP contribution in [0, 0.1) is 0 Å².